The zero-order valence-electron chi connectivity index (χ0n) is 8.07. The van der Waals surface area contributed by atoms with Crippen LogP contribution in [0.4, 0.5) is 0 Å². The van der Waals surface area contributed by atoms with Crippen molar-refractivity contribution in [1.29, 1.82) is 0 Å². The maximum atomic E-state index is 11.9. The molecule has 0 aliphatic carbocycles. The van der Waals surface area contributed by atoms with Crippen LogP contribution in [0.15, 0.2) is 29.3 Å². The molecule has 0 aliphatic rings. The van der Waals surface area contributed by atoms with Crippen molar-refractivity contribution in [3.8, 4) is 0 Å². The number of aryl methyl sites for hydroxylation is 1. The van der Waals surface area contributed by atoms with Gasteiger partial charge in [0, 0.05) is 23.7 Å². The lowest BCUT2D eigenvalue weighted by Crippen LogP contribution is -2.06. The molecule has 0 aliphatic heterocycles. The number of aromatic nitrogens is 3. The summed E-state index contributed by atoms with van der Waals surface area (Å²) in [5.74, 6) is -0.215. The van der Waals surface area contributed by atoms with Crippen molar-refractivity contribution in [2.75, 3.05) is 0 Å². The van der Waals surface area contributed by atoms with E-state index >= 15 is 0 Å². The number of ketones is 1. The van der Waals surface area contributed by atoms with Gasteiger partial charge in [-0.15, -0.1) is 0 Å². The number of hydrogen-bond donors (Lipinski definition) is 2. The van der Waals surface area contributed by atoms with Crippen LogP contribution >= 0.6 is 0 Å². The van der Waals surface area contributed by atoms with Gasteiger partial charge in [-0.3, -0.25) is 9.78 Å². The van der Waals surface area contributed by atoms with Gasteiger partial charge >= 0.3 is 5.69 Å². The molecule has 5 heteroatoms. The molecule has 15 heavy (non-hydrogen) atoms. The van der Waals surface area contributed by atoms with Crippen LogP contribution < -0.4 is 5.69 Å². The summed E-state index contributed by atoms with van der Waals surface area (Å²) >= 11 is 0. The maximum Gasteiger partial charge on any atom is 0.323 e. The molecular weight excluding hydrogens is 194 g/mol. The van der Waals surface area contributed by atoms with Crippen LogP contribution in [0.25, 0.3) is 0 Å². The molecule has 0 saturated heterocycles. The number of pyridine rings is 1. The molecule has 5 nitrogen and oxygen atoms in total. The van der Waals surface area contributed by atoms with E-state index in [1.54, 1.807) is 19.1 Å². The van der Waals surface area contributed by atoms with Crippen molar-refractivity contribution < 1.29 is 4.79 Å². The van der Waals surface area contributed by atoms with Crippen LogP contribution in [0, 0.1) is 6.92 Å². The number of imidazole rings is 1. The Morgan fingerprint density at radius 2 is 1.93 bits per heavy atom. The van der Waals surface area contributed by atoms with Gasteiger partial charge in [-0.1, -0.05) is 0 Å². The Hall–Kier alpha value is -2.17. The first-order valence-corrected chi connectivity index (χ1v) is 4.42. The van der Waals surface area contributed by atoms with Crippen LogP contribution in [0.3, 0.4) is 0 Å². The smallest absolute Gasteiger partial charge is 0.310 e. The normalized spacial score (nSPS) is 10.2. The van der Waals surface area contributed by atoms with Crippen LogP contribution in [0.2, 0.25) is 0 Å². The van der Waals surface area contributed by atoms with E-state index in [0.717, 1.165) is 0 Å². The molecule has 0 unspecified atom stereocenters. The quantitative estimate of drug-likeness (QED) is 0.703. The molecule has 2 N–H and O–H groups in total. The number of carbonyl (C=O) groups is 1. The zero-order valence-corrected chi connectivity index (χ0v) is 8.07. The highest BCUT2D eigenvalue weighted by Gasteiger charge is 2.13. The first-order valence-electron chi connectivity index (χ1n) is 4.42. The Morgan fingerprint density at radius 1 is 1.27 bits per heavy atom. The van der Waals surface area contributed by atoms with Crippen molar-refractivity contribution >= 4 is 5.78 Å². The molecule has 0 spiro atoms. The number of aromatic amines is 2. The zero-order chi connectivity index (χ0) is 10.8. The van der Waals surface area contributed by atoms with Gasteiger partial charge in [0.25, 0.3) is 0 Å². The van der Waals surface area contributed by atoms with Crippen molar-refractivity contribution in [3.63, 3.8) is 0 Å². The molecule has 0 saturated carbocycles. The fraction of sp³-hybridized carbons (Fsp3) is 0.100. The predicted molar refractivity (Wildman–Crippen MR) is 53.8 cm³/mol. The number of nitrogens with zero attached hydrogens (tertiary/aromatic N) is 1. The average Bonchev–Trinajstić information content (AvgIpc) is 2.58. The van der Waals surface area contributed by atoms with Crippen LogP contribution in [0.5, 0.6) is 0 Å². The van der Waals surface area contributed by atoms with Gasteiger partial charge in [0.15, 0.2) is 0 Å². The summed E-state index contributed by atoms with van der Waals surface area (Å²) in [5, 5.41) is 0. The number of nitrogens with one attached hydrogen (secondary N) is 2. The van der Waals surface area contributed by atoms with Gasteiger partial charge < -0.3 is 9.97 Å². The van der Waals surface area contributed by atoms with E-state index in [1.165, 1.54) is 12.4 Å². The molecule has 2 aromatic heterocycles. The van der Waals surface area contributed by atoms with Gasteiger partial charge in [-0.2, -0.15) is 0 Å². The lowest BCUT2D eigenvalue weighted by molar-refractivity contribution is 0.103. The molecular formula is C10H9N3O2. The summed E-state index contributed by atoms with van der Waals surface area (Å²) in [6.07, 6.45) is 3.07. The number of carbonyl (C=O) groups excluding carboxylic acids is 1. The van der Waals surface area contributed by atoms with Gasteiger partial charge in [-0.05, 0) is 19.1 Å². The summed E-state index contributed by atoms with van der Waals surface area (Å²) in [7, 11) is 0. The van der Waals surface area contributed by atoms with Crippen LogP contribution in [-0.4, -0.2) is 20.7 Å². The molecule has 76 valence electrons. The molecule has 2 rings (SSSR count). The fourth-order valence-corrected chi connectivity index (χ4v) is 1.35. The van der Waals surface area contributed by atoms with Crippen LogP contribution in [-0.2, 0) is 0 Å². The van der Waals surface area contributed by atoms with E-state index in [-0.39, 0.29) is 11.5 Å². The van der Waals surface area contributed by atoms with E-state index < -0.39 is 0 Å². The largest absolute Gasteiger partial charge is 0.323 e. The molecule has 0 amide bonds. The highest BCUT2D eigenvalue weighted by atomic mass is 16.1. The fourth-order valence-electron chi connectivity index (χ4n) is 1.35. The Labute approximate surface area is 85.2 Å². The Balaban J connectivity index is 2.46. The first kappa shape index (κ1) is 9.39. The van der Waals surface area contributed by atoms with Gasteiger partial charge in [-0.25, -0.2) is 4.79 Å². The van der Waals surface area contributed by atoms with Crippen molar-refractivity contribution in [2.24, 2.45) is 0 Å². The van der Waals surface area contributed by atoms with E-state index in [2.05, 4.69) is 15.0 Å². The van der Waals surface area contributed by atoms with E-state index in [1.807, 2.05) is 0 Å². The lowest BCUT2D eigenvalue weighted by atomic mass is 10.1. The SMILES string of the molecule is Cc1[nH]c(=O)[nH]c1C(=O)c1ccncc1. The molecule has 0 radical (unpaired) electrons. The molecule has 0 atom stereocenters. The van der Waals surface area contributed by atoms with E-state index in [9.17, 15) is 9.59 Å². The second-order valence-electron chi connectivity index (χ2n) is 3.14. The number of hydrogen-bond acceptors (Lipinski definition) is 3. The molecule has 2 aromatic rings. The number of rotatable bonds is 2. The van der Waals surface area contributed by atoms with Crippen LogP contribution in [0.1, 0.15) is 21.7 Å². The van der Waals surface area contributed by atoms with Gasteiger partial charge in [0.1, 0.15) is 5.69 Å². The topological polar surface area (TPSA) is 78.6 Å². The molecule has 0 bridgehead atoms. The highest BCUT2D eigenvalue weighted by molar-refractivity contribution is 6.08. The number of H-pyrrole nitrogens is 2. The lowest BCUT2D eigenvalue weighted by Gasteiger charge is -1.97. The first-order chi connectivity index (χ1) is 7.18. The second kappa shape index (κ2) is 3.53. The van der Waals surface area contributed by atoms with Crippen molar-refractivity contribution in [2.45, 2.75) is 6.92 Å². The third kappa shape index (κ3) is 1.71. The monoisotopic (exact) mass is 203 g/mol. The molecule has 2 heterocycles. The van der Waals surface area contributed by atoms with Crippen molar-refractivity contribution in [1.82, 2.24) is 15.0 Å². The van der Waals surface area contributed by atoms with Gasteiger partial charge in [0.2, 0.25) is 5.78 Å². The third-order valence-electron chi connectivity index (χ3n) is 2.08. The minimum atomic E-state index is -0.370. The van der Waals surface area contributed by atoms with E-state index in [4.69, 9.17) is 0 Å². The van der Waals surface area contributed by atoms with Crippen molar-refractivity contribution in [3.05, 3.63) is 52.0 Å². The van der Waals surface area contributed by atoms with Gasteiger partial charge in [0.05, 0.1) is 0 Å². The standard InChI is InChI=1S/C10H9N3O2/c1-6-8(13-10(15)12-6)9(14)7-2-4-11-5-3-7/h2-5H,1H3,(H2,12,13,15). The molecule has 0 aromatic carbocycles. The average molecular weight is 203 g/mol. The minimum absolute atomic E-state index is 0.215. The summed E-state index contributed by atoms with van der Waals surface area (Å²) < 4.78 is 0. The highest BCUT2D eigenvalue weighted by Crippen LogP contribution is 2.07. The minimum Gasteiger partial charge on any atom is -0.310 e. The molecule has 0 fully saturated rings. The Morgan fingerprint density at radius 3 is 2.47 bits per heavy atom. The maximum absolute atomic E-state index is 11.9. The summed E-state index contributed by atoms with van der Waals surface area (Å²) in [4.78, 5) is 31.6. The Kier molecular flexibility index (Phi) is 2.21. The second-order valence-corrected chi connectivity index (χ2v) is 3.14. The van der Waals surface area contributed by atoms with E-state index in [0.29, 0.717) is 17.0 Å². The third-order valence-corrected chi connectivity index (χ3v) is 2.08. The predicted octanol–water partition coefficient (Wildman–Crippen LogP) is 0.637. The summed E-state index contributed by atoms with van der Waals surface area (Å²) in [6.45, 7) is 1.67. The Bertz CT molecular complexity index is 539. The summed E-state index contributed by atoms with van der Waals surface area (Å²) in [6, 6.07) is 3.21. The summed E-state index contributed by atoms with van der Waals surface area (Å²) in [5.41, 5.74) is 0.973.